The Kier molecular flexibility index (Phi) is 5.25. The normalized spacial score (nSPS) is 14.5. The van der Waals surface area contributed by atoms with Crippen molar-refractivity contribution < 1.29 is 4.79 Å². The summed E-state index contributed by atoms with van der Waals surface area (Å²) in [6, 6.07) is 3.78. The number of hydrogen-bond acceptors (Lipinski definition) is 3. The molecule has 1 rings (SSSR count). The molecule has 0 fully saturated rings. The third kappa shape index (κ3) is 4.12. The van der Waals surface area contributed by atoms with Gasteiger partial charge in [0.2, 0.25) is 5.91 Å². The topological polar surface area (TPSA) is 55.1 Å². The van der Waals surface area contributed by atoms with Crippen molar-refractivity contribution in [3.63, 3.8) is 0 Å². The van der Waals surface area contributed by atoms with E-state index in [9.17, 15) is 4.79 Å². The molecule has 5 heteroatoms. The summed E-state index contributed by atoms with van der Waals surface area (Å²) in [4.78, 5) is 12.7. The summed E-state index contributed by atoms with van der Waals surface area (Å²) in [6.45, 7) is 4.45. The van der Waals surface area contributed by atoms with Gasteiger partial charge in [0.1, 0.15) is 0 Å². The third-order valence-corrected chi connectivity index (χ3v) is 3.75. The van der Waals surface area contributed by atoms with Gasteiger partial charge >= 0.3 is 0 Å². The summed E-state index contributed by atoms with van der Waals surface area (Å²) in [7, 11) is 0. The van der Waals surface area contributed by atoms with Crippen molar-refractivity contribution in [1.82, 2.24) is 5.32 Å². The molecular weight excluding hydrogens is 244 g/mol. The average molecular weight is 261 g/mol. The Bertz CT molecular complexity index is 354. The fraction of sp³-hybridized carbons (Fsp3) is 0.545. The van der Waals surface area contributed by atoms with E-state index in [0.29, 0.717) is 13.0 Å². The maximum absolute atomic E-state index is 11.6. The summed E-state index contributed by atoms with van der Waals surface area (Å²) in [6.07, 6.45) is 0.472. The van der Waals surface area contributed by atoms with Crippen molar-refractivity contribution in [1.29, 1.82) is 0 Å². The number of amides is 1. The zero-order valence-electron chi connectivity index (χ0n) is 9.50. The van der Waals surface area contributed by atoms with Gasteiger partial charge in [0.05, 0.1) is 10.4 Å². The van der Waals surface area contributed by atoms with Crippen molar-refractivity contribution >= 4 is 28.8 Å². The lowest BCUT2D eigenvalue weighted by Gasteiger charge is -2.14. The lowest BCUT2D eigenvalue weighted by molar-refractivity contribution is -0.122. The van der Waals surface area contributed by atoms with E-state index < -0.39 is 0 Å². The number of thiophene rings is 1. The zero-order valence-corrected chi connectivity index (χ0v) is 11.1. The number of rotatable bonds is 5. The molecule has 0 aliphatic rings. The minimum atomic E-state index is 0.00924. The summed E-state index contributed by atoms with van der Waals surface area (Å²) < 4.78 is 0.742. The molecule has 0 saturated carbocycles. The van der Waals surface area contributed by atoms with Crippen LogP contribution in [0.25, 0.3) is 0 Å². The minimum Gasteiger partial charge on any atom is -0.349 e. The Morgan fingerprint density at radius 1 is 1.56 bits per heavy atom. The van der Waals surface area contributed by atoms with Gasteiger partial charge in [0.25, 0.3) is 0 Å². The summed E-state index contributed by atoms with van der Waals surface area (Å²) in [5.41, 5.74) is 5.47. The van der Waals surface area contributed by atoms with E-state index in [1.54, 1.807) is 0 Å². The standard InChI is InChI=1S/C11H17ClN2OS/c1-7(6-13)5-11(15)14-8(2)9-3-4-10(12)16-9/h3-4,7-8H,5-6,13H2,1-2H3,(H,14,15). The molecule has 0 spiro atoms. The molecule has 1 aromatic rings. The van der Waals surface area contributed by atoms with Crippen molar-refractivity contribution in [2.75, 3.05) is 6.54 Å². The Labute approximate surface area is 105 Å². The molecule has 1 amide bonds. The van der Waals surface area contributed by atoms with Crippen LogP contribution in [0, 0.1) is 5.92 Å². The first-order valence-corrected chi connectivity index (χ1v) is 6.47. The first-order valence-electron chi connectivity index (χ1n) is 5.27. The van der Waals surface area contributed by atoms with Gasteiger partial charge < -0.3 is 11.1 Å². The summed E-state index contributed by atoms with van der Waals surface area (Å²) in [5, 5.41) is 2.93. The number of halogens is 1. The number of carbonyl (C=O) groups excluding carboxylic acids is 1. The molecule has 16 heavy (non-hydrogen) atoms. The maximum Gasteiger partial charge on any atom is 0.220 e. The molecule has 3 N–H and O–H groups in total. The molecular formula is C11H17ClN2OS. The van der Waals surface area contributed by atoms with Crippen molar-refractivity contribution in [3.8, 4) is 0 Å². The molecule has 90 valence electrons. The molecule has 2 unspecified atom stereocenters. The maximum atomic E-state index is 11.6. The van der Waals surface area contributed by atoms with E-state index in [1.165, 1.54) is 11.3 Å². The van der Waals surface area contributed by atoms with E-state index in [2.05, 4.69) is 5.32 Å². The minimum absolute atomic E-state index is 0.00924. The molecule has 0 saturated heterocycles. The van der Waals surface area contributed by atoms with Crippen molar-refractivity contribution in [2.24, 2.45) is 11.7 Å². The second-order valence-electron chi connectivity index (χ2n) is 3.98. The fourth-order valence-corrected chi connectivity index (χ4v) is 2.40. The number of carbonyl (C=O) groups is 1. The molecule has 0 aliphatic heterocycles. The van der Waals surface area contributed by atoms with Crippen LogP contribution in [0.15, 0.2) is 12.1 Å². The fourth-order valence-electron chi connectivity index (χ4n) is 1.33. The zero-order chi connectivity index (χ0) is 12.1. The van der Waals surface area contributed by atoms with Crippen LogP contribution in [0.4, 0.5) is 0 Å². The van der Waals surface area contributed by atoms with Crippen LogP contribution in [-0.2, 0) is 4.79 Å². The number of hydrogen-bond donors (Lipinski definition) is 2. The van der Waals surface area contributed by atoms with Gasteiger partial charge in [-0.05, 0) is 31.5 Å². The van der Waals surface area contributed by atoms with Gasteiger partial charge in [0, 0.05) is 11.3 Å². The first kappa shape index (κ1) is 13.5. The largest absolute Gasteiger partial charge is 0.349 e. The molecule has 0 aromatic carbocycles. The van der Waals surface area contributed by atoms with Crippen LogP contribution in [0.5, 0.6) is 0 Å². The number of nitrogens with one attached hydrogen (secondary N) is 1. The van der Waals surface area contributed by atoms with E-state index in [4.69, 9.17) is 17.3 Å². The van der Waals surface area contributed by atoms with Crippen molar-refractivity contribution in [3.05, 3.63) is 21.3 Å². The first-order chi connectivity index (χ1) is 7.52. The molecule has 2 atom stereocenters. The van der Waals surface area contributed by atoms with Gasteiger partial charge in [-0.1, -0.05) is 18.5 Å². The number of nitrogens with two attached hydrogens (primary N) is 1. The molecule has 0 bridgehead atoms. The summed E-state index contributed by atoms with van der Waals surface area (Å²) in [5.74, 6) is 0.258. The highest BCUT2D eigenvalue weighted by Crippen LogP contribution is 2.26. The lowest BCUT2D eigenvalue weighted by Crippen LogP contribution is -2.29. The van der Waals surface area contributed by atoms with Crippen LogP contribution < -0.4 is 11.1 Å². The van der Waals surface area contributed by atoms with Gasteiger partial charge in [-0.3, -0.25) is 4.79 Å². The van der Waals surface area contributed by atoms with Gasteiger partial charge in [-0.25, -0.2) is 0 Å². The molecule has 0 aliphatic carbocycles. The quantitative estimate of drug-likeness (QED) is 0.855. The lowest BCUT2D eigenvalue weighted by atomic mass is 10.1. The van der Waals surface area contributed by atoms with Crippen molar-refractivity contribution in [2.45, 2.75) is 26.3 Å². The van der Waals surface area contributed by atoms with Gasteiger partial charge in [-0.2, -0.15) is 0 Å². The monoisotopic (exact) mass is 260 g/mol. The Morgan fingerprint density at radius 2 is 2.25 bits per heavy atom. The SMILES string of the molecule is CC(CN)CC(=O)NC(C)c1ccc(Cl)s1. The van der Waals surface area contributed by atoms with E-state index >= 15 is 0 Å². The molecule has 1 aromatic heterocycles. The smallest absolute Gasteiger partial charge is 0.220 e. The average Bonchev–Trinajstić information content (AvgIpc) is 2.64. The van der Waals surface area contributed by atoms with Crippen LogP contribution in [0.1, 0.15) is 31.2 Å². The predicted molar refractivity (Wildman–Crippen MR) is 68.7 cm³/mol. The highest BCUT2D eigenvalue weighted by atomic mass is 35.5. The molecule has 0 radical (unpaired) electrons. The summed E-state index contributed by atoms with van der Waals surface area (Å²) >= 11 is 7.33. The predicted octanol–water partition coefficient (Wildman–Crippen LogP) is 2.56. The third-order valence-electron chi connectivity index (χ3n) is 2.33. The van der Waals surface area contributed by atoms with Crippen LogP contribution in [-0.4, -0.2) is 12.5 Å². The van der Waals surface area contributed by atoms with E-state index in [0.717, 1.165) is 9.21 Å². The van der Waals surface area contributed by atoms with Crippen LogP contribution >= 0.6 is 22.9 Å². The van der Waals surface area contributed by atoms with Crippen LogP contribution in [0.3, 0.4) is 0 Å². The Balaban J connectivity index is 2.45. The Hall–Kier alpha value is -0.580. The molecule has 3 nitrogen and oxygen atoms in total. The second kappa shape index (κ2) is 6.23. The second-order valence-corrected chi connectivity index (χ2v) is 5.72. The molecule has 1 heterocycles. The highest BCUT2D eigenvalue weighted by molar-refractivity contribution is 7.16. The van der Waals surface area contributed by atoms with E-state index in [-0.39, 0.29) is 17.9 Å². The van der Waals surface area contributed by atoms with Gasteiger partial charge in [0.15, 0.2) is 0 Å². The van der Waals surface area contributed by atoms with E-state index in [1.807, 2.05) is 26.0 Å². The van der Waals surface area contributed by atoms with Gasteiger partial charge in [-0.15, -0.1) is 11.3 Å². The highest BCUT2D eigenvalue weighted by Gasteiger charge is 2.13. The Morgan fingerprint density at radius 3 is 2.75 bits per heavy atom. The van der Waals surface area contributed by atoms with Crippen LogP contribution in [0.2, 0.25) is 4.34 Å².